The molecule has 1 fully saturated rings. The summed E-state index contributed by atoms with van der Waals surface area (Å²) >= 11 is 1.32. The number of benzene rings is 1. The van der Waals surface area contributed by atoms with Crippen molar-refractivity contribution in [1.82, 2.24) is 4.98 Å². The minimum Gasteiger partial charge on any atom is -0.372 e. The molecule has 0 amide bonds. The minimum atomic E-state index is -4.47. The zero-order chi connectivity index (χ0) is 20.6. The predicted octanol–water partition coefficient (Wildman–Crippen LogP) is 6.52. The summed E-state index contributed by atoms with van der Waals surface area (Å²) in [4.78, 5) is 4.37. The van der Waals surface area contributed by atoms with E-state index in [0.717, 1.165) is 24.4 Å². The Hall–Kier alpha value is -1.74. The maximum atomic E-state index is 12.9. The minimum absolute atomic E-state index is 0.343. The number of rotatable bonds is 3. The topological polar surface area (TPSA) is 22.1 Å². The van der Waals surface area contributed by atoms with Gasteiger partial charge in [0, 0.05) is 22.4 Å². The van der Waals surface area contributed by atoms with Gasteiger partial charge < -0.3 is 4.74 Å². The molecule has 1 aromatic carbocycles. The average molecular weight is 421 g/mol. The lowest BCUT2D eigenvalue weighted by Crippen LogP contribution is -2.32. The summed E-state index contributed by atoms with van der Waals surface area (Å²) in [7, 11) is 0. The lowest BCUT2D eigenvalue weighted by atomic mass is 9.94. The van der Waals surface area contributed by atoms with Crippen molar-refractivity contribution in [2.75, 3.05) is 6.61 Å². The lowest BCUT2D eigenvalue weighted by Gasteiger charge is -2.37. The quantitative estimate of drug-likeness (QED) is 0.527. The number of ether oxygens (including phenoxy) is 1. The third kappa shape index (κ3) is 5.00. The molecule has 0 radical (unpaired) electrons. The number of halogens is 6. The molecule has 152 valence electrons. The number of pyridine rings is 1. The normalized spacial score (nSPS) is 23.6. The van der Waals surface area contributed by atoms with Crippen molar-refractivity contribution in [3.63, 3.8) is 0 Å². The van der Waals surface area contributed by atoms with Gasteiger partial charge in [0.15, 0.2) is 0 Å². The summed E-state index contributed by atoms with van der Waals surface area (Å²) in [6.45, 7) is 2.26. The Balaban J connectivity index is 1.75. The molecule has 28 heavy (non-hydrogen) atoms. The van der Waals surface area contributed by atoms with E-state index in [9.17, 15) is 26.3 Å². The predicted molar refractivity (Wildman–Crippen MR) is 92.9 cm³/mol. The van der Waals surface area contributed by atoms with Crippen LogP contribution in [0.3, 0.4) is 0 Å². The zero-order valence-electron chi connectivity index (χ0n) is 14.8. The van der Waals surface area contributed by atoms with E-state index in [1.807, 2.05) is 6.92 Å². The Bertz CT molecular complexity index is 820. The van der Waals surface area contributed by atoms with Crippen molar-refractivity contribution >= 4 is 11.8 Å². The van der Waals surface area contributed by atoms with Crippen LogP contribution >= 0.6 is 11.8 Å². The molecule has 2 heterocycles. The highest BCUT2D eigenvalue weighted by Gasteiger charge is 2.37. The molecule has 9 heteroatoms. The van der Waals surface area contributed by atoms with E-state index in [2.05, 4.69) is 4.98 Å². The van der Waals surface area contributed by atoms with Crippen molar-refractivity contribution in [3.8, 4) is 0 Å². The van der Waals surface area contributed by atoms with Gasteiger partial charge in [0.25, 0.3) is 0 Å². The molecule has 3 rings (SSSR count). The smallest absolute Gasteiger partial charge is 0.372 e. The first-order valence-electron chi connectivity index (χ1n) is 8.47. The maximum Gasteiger partial charge on any atom is 0.417 e. The van der Waals surface area contributed by atoms with Gasteiger partial charge in [0.05, 0.1) is 16.8 Å². The van der Waals surface area contributed by atoms with Gasteiger partial charge in [-0.1, -0.05) is 6.07 Å². The molecule has 1 aliphatic rings. The fourth-order valence-corrected chi connectivity index (χ4v) is 4.36. The van der Waals surface area contributed by atoms with Crippen molar-refractivity contribution in [2.45, 2.75) is 47.9 Å². The van der Waals surface area contributed by atoms with Crippen LogP contribution in [0.5, 0.6) is 0 Å². The van der Waals surface area contributed by atoms with Crippen LogP contribution in [0.2, 0.25) is 0 Å². The zero-order valence-corrected chi connectivity index (χ0v) is 15.6. The standard InChI is InChI=1S/C19H17F6NOS/c1-17(28-14-4-2-3-12(9-14)18(20,21)22)7-8-27-16(10-17)15-6-5-13(11-26-15)19(23,24)25/h2-6,9,11,16H,7-8,10H2,1H3. The lowest BCUT2D eigenvalue weighted by molar-refractivity contribution is -0.138. The molecule has 0 bridgehead atoms. The summed E-state index contributed by atoms with van der Waals surface area (Å²) in [6.07, 6.45) is -7.60. The molecule has 0 saturated carbocycles. The summed E-state index contributed by atoms with van der Waals surface area (Å²) in [5.41, 5.74) is -1.18. The van der Waals surface area contributed by atoms with Gasteiger partial charge in [-0.2, -0.15) is 26.3 Å². The Kier molecular flexibility index (Phi) is 5.69. The number of aromatic nitrogens is 1. The van der Waals surface area contributed by atoms with Crippen molar-refractivity contribution in [2.24, 2.45) is 0 Å². The van der Waals surface area contributed by atoms with Crippen molar-refractivity contribution < 1.29 is 31.1 Å². The molecule has 1 aliphatic heterocycles. The van der Waals surface area contributed by atoms with E-state index >= 15 is 0 Å². The van der Waals surface area contributed by atoms with Crippen molar-refractivity contribution in [3.05, 3.63) is 59.4 Å². The Morgan fingerprint density at radius 3 is 2.36 bits per heavy atom. The molecule has 0 aliphatic carbocycles. The largest absolute Gasteiger partial charge is 0.417 e. The van der Waals surface area contributed by atoms with Crippen LogP contribution in [0.1, 0.15) is 42.7 Å². The van der Waals surface area contributed by atoms with E-state index in [-0.39, 0.29) is 0 Å². The molecule has 2 unspecified atom stereocenters. The fraction of sp³-hybridized carbons (Fsp3) is 0.421. The van der Waals surface area contributed by atoms with Gasteiger partial charge in [0.1, 0.15) is 6.10 Å². The second kappa shape index (κ2) is 7.59. The van der Waals surface area contributed by atoms with Crippen LogP contribution in [-0.4, -0.2) is 16.3 Å². The second-order valence-corrected chi connectivity index (χ2v) is 8.52. The molecule has 1 aromatic heterocycles. The third-order valence-electron chi connectivity index (χ3n) is 4.54. The molecule has 2 nitrogen and oxygen atoms in total. The van der Waals surface area contributed by atoms with Crippen LogP contribution in [0.25, 0.3) is 0 Å². The van der Waals surface area contributed by atoms with Gasteiger partial charge in [-0.3, -0.25) is 4.98 Å². The maximum absolute atomic E-state index is 12.9. The molecule has 1 saturated heterocycles. The second-order valence-electron chi connectivity index (χ2n) is 6.86. The van der Waals surface area contributed by atoms with E-state index in [1.54, 1.807) is 6.07 Å². The Labute approximate surface area is 162 Å². The first kappa shape index (κ1) is 21.0. The first-order chi connectivity index (χ1) is 13.0. The molecule has 2 atom stereocenters. The molecular formula is C19H17F6NOS. The number of nitrogens with zero attached hydrogens (tertiary/aromatic N) is 1. The van der Waals surface area contributed by atoms with Gasteiger partial charge >= 0.3 is 12.4 Å². The molecular weight excluding hydrogens is 404 g/mol. The number of hydrogen-bond acceptors (Lipinski definition) is 3. The molecule has 2 aromatic rings. The number of thioether (sulfide) groups is 1. The highest BCUT2D eigenvalue weighted by atomic mass is 32.2. The monoisotopic (exact) mass is 421 g/mol. The molecule has 0 N–H and O–H groups in total. The van der Waals surface area contributed by atoms with Crippen LogP contribution in [0, 0.1) is 0 Å². The van der Waals surface area contributed by atoms with Gasteiger partial charge in [-0.15, -0.1) is 11.8 Å². The van der Waals surface area contributed by atoms with E-state index in [0.29, 0.717) is 30.0 Å². The first-order valence-corrected chi connectivity index (χ1v) is 9.29. The SMILES string of the molecule is CC1(Sc2cccc(C(F)(F)F)c2)CCOC(c2ccc(C(F)(F)F)cn2)C1. The number of hydrogen-bond donors (Lipinski definition) is 0. The summed E-state index contributed by atoms with van der Waals surface area (Å²) in [5.74, 6) is 0. The average Bonchev–Trinajstić information content (AvgIpc) is 2.60. The Morgan fingerprint density at radius 2 is 1.75 bits per heavy atom. The highest BCUT2D eigenvalue weighted by Crippen LogP contribution is 2.46. The van der Waals surface area contributed by atoms with E-state index in [4.69, 9.17) is 4.74 Å². The van der Waals surface area contributed by atoms with Crippen LogP contribution in [0.4, 0.5) is 26.3 Å². The van der Waals surface area contributed by atoms with Crippen LogP contribution in [0.15, 0.2) is 47.5 Å². The Morgan fingerprint density at radius 1 is 1.04 bits per heavy atom. The fourth-order valence-electron chi connectivity index (χ4n) is 3.04. The van der Waals surface area contributed by atoms with Crippen LogP contribution < -0.4 is 0 Å². The van der Waals surface area contributed by atoms with Crippen LogP contribution in [-0.2, 0) is 17.1 Å². The highest BCUT2D eigenvalue weighted by molar-refractivity contribution is 8.00. The van der Waals surface area contributed by atoms with Gasteiger partial charge in [-0.05, 0) is 50.1 Å². The summed E-state index contributed by atoms with van der Waals surface area (Å²) in [5, 5.41) is 0. The van der Waals surface area contributed by atoms with E-state index < -0.39 is 34.3 Å². The van der Waals surface area contributed by atoms with Crippen molar-refractivity contribution in [1.29, 1.82) is 0 Å². The summed E-state index contributed by atoms with van der Waals surface area (Å²) in [6, 6.07) is 7.35. The third-order valence-corrected chi connectivity index (χ3v) is 5.89. The molecule has 0 spiro atoms. The summed E-state index contributed by atoms with van der Waals surface area (Å²) < 4.78 is 82.1. The van der Waals surface area contributed by atoms with E-state index in [1.165, 1.54) is 23.9 Å². The number of alkyl halides is 6. The van der Waals surface area contributed by atoms with Gasteiger partial charge in [0.2, 0.25) is 0 Å². The van der Waals surface area contributed by atoms with Gasteiger partial charge in [-0.25, -0.2) is 0 Å².